The Morgan fingerprint density at radius 2 is 1.83 bits per heavy atom. The van der Waals surface area contributed by atoms with Gasteiger partial charge >= 0.3 is 5.97 Å². The van der Waals surface area contributed by atoms with Gasteiger partial charge in [-0.25, -0.2) is 10.9 Å². The number of carbonyl (C=O) groups excluding carboxylic acids is 2. The number of hydrogen-bond acceptors (Lipinski definition) is 5. The molecule has 0 radical (unpaired) electrons. The predicted molar refractivity (Wildman–Crippen MR) is 86.3 cm³/mol. The number of anilines is 1. The molecule has 0 bridgehead atoms. The standard InChI is InChI=1S/C16H16N4O4/c17-20(12-4-2-1-3-5-12)16(24)11-6-7-13(19-10-11)15(23)18-9-8-14(21)22/h1-7,10H,8-9,17H2,(H,18,23)(H,21,22). The van der Waals surface area contributed by atoms with Gasteiger partial charge in [-0.3, -0.25) is 19.4 Å². The number of pyridine rings is 1. The van der Waals surface area contributed by atoms with Crippen LogP contribution in [0.3, 0.4) is 0 Å². The first-order valence-electron chi connectivity index (χ1n) is 7.09. The molecular weight excluding hydrogens is 312 g/mol. The Balaban J connectivity index is 2.02. The molecule has 1 heterocycles. The van der Waals surface area contributed by atoms with Crippen molar-refractivity contribution in [3.8, 4) is 0 Å². The number of aromatic nitrogens is 1. The maximum absolute atomic E-state index is 12.3. The van der Waals surface area contributed by atoms with Crippen LogP contribution in [0.2, 0.25) is 0 Å². The summed E-state index contributed by atoms with van der Waals surface area (Å²) in [5.41, 5.74) is 0.835. The van der Waals surface area contributed by atoms with Crippen LogP contribution in [0, 0.1) is 0 Å². The molecule has 124 valence electrons. The van der Waals surface area contributed by atoms with Crippen molar-refractivity contribution in [3.63, 3.8) is 0 Å². The van der Waals surface area contributed by atoms with Gasteiger partial charge in [0.05, 0.1) is 17.7 Å². The number of hydrogen-bond donors (Lipinski definition) is 3. The number of rotatable bonds is 6. The van der Waals surface area contributed by atoms with Crippen molar-refractivity contribution in [3.05, 3.63) is 59.9 Å². The largest absolute Gasteiger partial charge is 0.481 e. The normalized spacial score (nSPS) is 10.0. The summed E-state index contributed by atoms with van der Waals surface area (Å²) < 4.78 is 0. The van der Waals surface area contributed by atoms with Crippen LogP contribution in [-0.2, 0) is 4.79 Å². The van der Waals surface area contributed by atoms with Gasteiger partial charge in [0.15, 0.2) is 0 Å². The van der Waals surface area contributed by atoms with Gasteiger partial charge in [0.1, 0.15) is 5.69 Å². The van der Waals surface area contributed by atoms with Gasteiger partial charge in [0.25, 0.3) is 11.8 Å². The van der Waals surface area contributed by atoms with Crippen molar-refractivity contribution in [1.29, 1.82) is 0 Å². The molecule has 0 unspecified atom stereocenters. The number of amides is 2. The number of nitrogens with zero attached hydrogens (tertiary/aromatic N) is 2. The van der Waals surface area contributed by atoms with Crippen molar-refractivity contribution in [1.82, 2.24) is 10.3 Å². The third-order valence-electron chi connectivity index (χ3n) is 3.12. The van der Waals surface area contributed by atoms with Crippen molar-refractivity contribution in [2.24, 2.45) is 5.84 Å². The fraction of sp³-hybridized carbons (Fsp3) is 0.125. The molecule has 1 aromatic carbocycles. The van der Waals surface area contributed by atoms with Gasteiger partial charge in [-0.15, -0.1) is 0 Å². The summed E-state index contributed by atoms with van der Waals surface area (Å²) >= 11 is 0. The Bertz CT molecular complexity index is 732. The highest BCUT2D eigenvalue weighted by molar-refractivity contribution is 6.05. The van der Waals surface area contributed by atoms with E-state index in [9.17, 15) is 14.4 Å². The summed E-state index contributed by atoms with van der Waals surface area (Å²) in [6.07, 6.45) is 1.07. The smallest absolute Gasteiger partial charge is 0.305 e. The van der Waals surface area contributed by atoms with E-state index in [4.69, 9.17) is 10.9 Å². The topological polar surface area (TPSA) is 126 Å². The van der Waals surface area contributed by atoms with E-state index in [-0.39, 0.29) is 24.2 Å². The van der Waals surface area contributed by atoms with E-state index in [1.165, 1.54) is 18.3 Å². The van der Waals surface area contributed by atoms with E-state index < -0.39 is 17.8 Å². The van der Waals surface area contributed by atoms with E-state index in [2.05, 4.69) is 10.3 Å². The second-order valence-electron chi connectivity index (χ2n) is 4.84. The van der Waals surface area contributed by atoms with E-state index in [0.717, 1.165) is 5.01 Å². The van der Waals surface area contributed by atoms with Crippen LogP contribution >= 0.6 is 0 Å². The lowest BCUT2D eigenvalue weighted by Crippen LogP contribution is -2.37. The van der Waals surface area contributed by atoms with E-state index in [1.54, 1.807) is 30.3 Å². The molecule has 2 rings (SSSR count). The van der Waals surface area contributed by atoms with Crippen LogP contribution in [0.5, 0.6) is 0 Å². The number of carboxylic acids is 1. The predicted octanol–water partition coefficient (Wildman–Crippen LogP) is 0.807. The molecule has 0 saturated heterocycles. The highest BCUT2D eigenvalue weighted by Crippen LogP contribution is 2.13. The van der Waals surface area contributed by atoms with Crippen LogP contribution < -0.4 is 16.2 Å². The molecule has 8 heteroatoms. The second kappa shape index (κ2) is 7.84. The quantitative estimate of drug-likeness (QED) is 0.409. The van der Waals surface area contributed by atoms with Gasteiger partial charge < -0.3 is 10.4 Å². The number of hydrazine groups is 1. The molecular formula is C16H16N4O4. The van der Waals surface area contributed by atoms with Crippen LogP contribution in [0.25, 0.3) is 0 Å². The zero-order valence-electron chi connectivity index (χ0n) is 12.7. The zero-order chi connectivity index (χ0) is 17.5. The van der Waals surface area contributed by atoms with E-state index >= 15 is 0 Å². The van der Waals surface area contributed by atoms with Crippen LogP contribution in [0.1, 0.15) is 27.3 Å². The molecule has 8 nitrogen and oxygen atoms in total. The summed E-state index contributed by atoms with van der Waals surface area (Å²) in [6.45, 7) is 0.00110. The fourth-order valence-corrected chi connectivity index (χ4v) is 1.87. The first kappa shape index (κ1) is 17.1. The van der Waals surface area contributed by atoms with Crippen LogP contribution in [0.4, 0.5) is 5.69 Å². The first-order valence-corrected chi connectivity index (χ1v) is 7.09. The second-order valence-corrected chi connectivity index (χ2v) is 4.84. The van der Waals surface area contributed by atoms with Crippen LogP contribution in [0.15, 0.2) is 48.7 Å². The molecule has 0 spiro atoms. The Morgan fingerprint density at radius 3 is 2.42 bits per heavy atom. The number of para-hydroxylation sites is 1. The molecule has 24 heavy (non-hydrogen) atoms. The van der Waals surface area contributed by atoms with Gasteiger partial charge in [-0.2, -0.15) is 0 Å². The molecule has 0 aliphatic rings. The lowest BCUT2D eigenvalue weighted by Gasteiger charge is -2.16. The van der Waals surface area contributed by atoms with Crippen molar-refractivity contribution in [2.75, 3.05) is 11.6 Å². The molecule has 1 aromatic heterocycles. The number of benzene rings is 1. The number of nitrogens with one attached hydrogen (secondary N) is 1. The molecule has 0 saturated carbocycles. The van der Waals surface area contributed by atoms with E-state index in [1.807, 2.05) is 0 Å². The Kier molecular flexibility index (Phi) is 5.58. The third kappa shape index (κ3) is 4.37. The fourth-order valence-electron chi connectivity index (χ4n) is 1.87. The Morgan fingerprint density at radius 1 is 1.12 bits per heavy atom. The first-order chi connectivity index (χ1) is 11.5. The number of carbonyl (C=O) groups is 3. The molecule has 2 amide bonds. The van der Waals surface area contributed by atoms with Crippen molar-refractivity contribution >= 4 is 23.5 Å². The minimum atomic E-state index is -1.01. The monoisotopic (exact) mass is 328 g/mol. The maximum atomic E-state index is 12.3. The maximum Gasteiger partial charge on any atom is 0.305 e. The van der Waals surface area contributed by atoms with Gasteiger partial charge in [0, 0.05) is 12.7 Å². The summed E-state index contributed by atoms with van der Waals surface area (Å²) in [4.78, 5) is 38.4. The summed E-state index contributed by atoms with van der Waals surface area (Å²) in [7, 11) is 0. The lowest BCUT2D eigenvalue weighted by molar-refractivity contribution is -0.136. The minimum Gasteiger partial charge on any atom is -0.481 e. The lowest BCUT2D eigenvalue weighted by atomic mass is 10.2. The minimum absolute atomic E-state index is 0.00110. The SMILES string of the molecule is NN(C(=O)c1ccc(C(=O)NCCC(=O)O)nc1)c1ccccc1. The van der Waals surface area contributed by atoms with Crippen LogP contribution in [-0.4, -0.2) is 34.4 Å². The summed E-state index contributed by atoms with van der Waals surface area (Å²) in [5, 5.41) is 11.9. The molecule has 2 aromatic rings. The number of nitrogens with two attached hydrogens (primary N) is 1. The summed E-state index contributed by atoms with van der Waals surface area (Å²) in [6, 6.07) is 11.5. The average Bonchev–Trinajstić information content (AvgIpc) is 2.61. The van der Waals surface area contributed by atoms with E-state index in [0.29, 0.717) is 5.69 Å². The molecule has 0 aliphatic carbocycles. The van der Waals surface area contributed by atoms with Gasteiger partial charge in [-0.1, -0.05) is 18.2 Å². The zero-order valence-corrected chi connectivity index (χ0v) is 12.7. The molecule has 0 aliphatic heterocycles. The number of aliphatic carboxylic acids is 1. The summed E-state index contributed by atoms with van der Waals surface area (Å²) in [5.74, 6) is 3.80. The highest BCUT2D eigenvalue weighted by atomic mass is 16.4. The average molecular weight is 328 g/mol. The van der Waals surface area contributed by atoms with Gasteiger partial charge in [0.2, 0.25) is 0 Å². The molecule has 4 N–H and O–H groups in total. The Labute approximate surface area is 137 Å². The third-order valence-corrected chi connectivity index (χ3v) is 3.12. The van der Waals surface area contributed by atoms with Crippen molar-refractivity contribution < 1.29 is 19.5 Å². The van der Waals surface area contributed by atoms with Crippen molar-refractivity contribution in [2.45, 2.75) is 6.42 Å². The molecule has 0 fully saturated rings. The Hall–Kier alpha value is -3.26. The highest BCUT2D eigenvalue weighted by Gasteiger charge is 2.15. The number of carboxylic acid groups (broad SMARTS) is 1. The van der Waals surface area contributed by atoms with Gasteiger partial charge in [-0.05, 0) is 24.3 Å². The molecule has 0 atom stereocenters.